The average molecular weight is 382 g/mol. The molecule has 0 aliphatic rings. The standard InChI is InChI=1S/C20H25Cl2NO2/c1-4-24-20-10-15(12-23-11-14(2)3)6-8-19(20)25-13-16-5-7-17(21)18(22)9-16/h5-10,14,23H,4,11-13H2,1-3H3. The van der Waals surface area contributed by atoms with Gasteiger partial charge in [-0.2, -0.15) is 0 Å². The molecule has 0 saturated heterocycles. The number of halogens is 2. The van der Waals surface area contributed by atoms with Gasteiger partial charge in [0.1, 0.15) is 6.61 Å². The summed E-state index contributed by atoms with van der Waals surface area (Å²) in [5.41, 5.74) is 2.13. The Morgan fingerprint density at radius 3 is 2.36 bits per heavy atom. The van der Waals surface area contributed by atoms with E-state index in [4.69, 9.17) is 32.7 Å². The minimum absolute atomic E-state index is 0.405. The molecule has 1 N–H and O–H groups in total. The predicted molar refractivity (Wildman–Crippen MR) is 105 cm³/mol. The van der Waals surface area contributed by atoms with Crippen LogP contribution in [0.1, 0.15) is 31.9 Å². The third-order valence-corrected chi connectivity index (χ3v) is 4.31. The first-order chi connectivity index (χ1) is 12.0. The fourth-order valence-electron chi connectivity index (χ4n) is 2.35. The molecule has 5 heteroatoms. The summed E-state index contributed by atoms with van der Waals surface area (Å²) in [5.74, 6) is 2.10. The lowest BCUT2D eigenvalue weighted by Crippen LogP contribution is -2.19. The van der Waals surface area contributed by atoms with Crippen molar-refractivity contribution in [3.63, 3.8) is 0 Å². The minimum atomic E-state index is 0.405. The fraction of sp³-hybridized carbons (Fsp3) is 0.400. The smallest absolute Gasteiger partial charge is 0.161 e. The molecule has 0 bridgehead atoms. The fourth-order valence-corrected chi connectivity index (χ4v) is 2.67. The lowest BCUT2D eigenvalue weighted by molar-refractivity contribution is 0.269. The van der Waals surface area contributed by atoms with Gasteiger partial charge in [-0.05, 0) is 54.8 Å². The second-order valence-electron chi connectivity index (χ2n) is 6.28. The first-order valence-electron chi connectivity index (χ1n) is 8.52. The quantitative estimate of drug-likeness (QED) is 0.602. The van der Waals surface area contributed by atoms with Crippen molar-refractivity contribution >= 4 is 23.2 Å². The summed E-state index contributed by atoms with van der Waals surface area (Å²) in [6, 6.07) is 11.5. The lowest BCUT2D eigenvalue weighted by Gasteiger charge is -2.14. The molecule has 0 radical (unpaired) electrons. The highest BCUT2D eigenvalue weighted by molar-refractivity contribution is 6.42. The Balaban J connectivity index is 2.04. The number of rotatable bonds is 9. The molecule has 0 atom stereocenters. The van der Waals surface area contributed by atoms with E-state index in [-0.39, 0.29) is 0 Å². The van der Waals surface area contributed by atoms with Crippen molar-refractivity contribution in [3.8, 4) is 11.5 Å². The molecule has 0 aliphatic heterocycles. The van der Waals surface area contributed by atoms with Crippen molar-refractivity contribution in [2.24, 2.45) is 5.92 Å². The molecule has 136 valence electrons. The highest BCUT2D eigenvalue weighted by Gasteiger charge is 2.08. The molecule has 0 amide bonds. The van der Waals surface area contributed by atoms with Gasteiger partial charge in [0.2, 0.25) is 0 Å². The van der Waals surface area contributed by atoms with E-state index in [9.17, 15) is 0 Å². The summed E-state index contributed by atoms with van der Waals surface area (Å²) in [4.78, 5) is 0. The summed E-state index contributed by atoms with van der Waals surface area (Å²) in [5, 5.41) is 4.50. The van der Waals surface area contributed by atoms with Crippen molar-refractivity contribution in [3.05, 3.63) is 57.6 Å². The molecule has 2 aromatic rings. The zero-order valence-corrected chi connectivity index (χ0v) is 16.5. The van der Waals surface area contributed by atoms with E-state index in [0.717, 1.165) is 30.2 Å². The van der Waals surface area contributed by atoms with Crippen LogP contribution >= 0.6 is 23.2 Å². The topological polar surface area (TPSA) is 30.5 Å². The number of hydrogen-bond acceptors (Lipinski definition) is 3. The van der Waals surface area contributed by atoms with Gasteiger partial charge in [0, 0.05) is 6.54 Å². The van der Waals surface area contributed by atoms with Crippen LogP contribution in [0.3, 0.4) is 0 Å². The highest BCUT2D eigenvalue weighted by atomic mass is 35.5. The Labute approximate surface area is 160 Å². The maximum absolute atomic E-state index is 6.05. The lowest BCUT2D eigenvalue weighted by atomic mass is 10.1. The molecule has 3 nitrogen and oxygen atoms in total. The van der Waals surface area contributed by atoms with Crippen molar-refractivity contribution in [1.82, 2.24) is 5.32 Å². The first kappa shape index (κ1) is 19.9. The number of benzene rings is 2. The number of nitrogens with one attached hydrogen (secondary N) is 1. The highest BCUT2D eigenvalue weighted by Crippen LogP contribution is 2.30. The maximum atomic E-state index is 6.05. The molecule has 0 saturated carbocycles. The van der Waals surface area contributed by atoms with E-state index in [0.29, 0.717) is 29.2 Å². The van der Waals surface area contributed by atoms with E-state index in [1.807, 2.05) is 31.2 Å². The molecule has 2 rings (SSSR count). The monoisotopic (exact) mass is 381 g/mol. The minimum Gasteiger partial charge on any atom is -0.490 e. The van der Waals surface area contributed by atoms with E-state index in [2.05, 4.69) is 25.2 Å². The molecule has 2 aromatic carbocycles. The van der Waals surface area contributed by atoms with Crippen LogP contribution in [-0.4, -0.2) is 13.2 Å². The summed E-state index contributed by atoms with van der Waals surface area (Å²) in [6.07, 6.45) is 0. The van der Waals surface area contributed by atoms with Crippen LogP contribution in [0.4, 0.5) is 0 Å². The Morgan fingerprint density at radius 2 is 1.68 bits per heavy atom. The third-order valence-electron chi connectivity index (χ3n) is 3.57. The van der Waals surface area contributed by atoms with Crippen LogP contribution in [0.15, 0.2) is 36.4 Å². The number of hydrogen-bond donors (Lipinski definition) is 1. The molecule has 0 spiro atoms. The largest absolute Gasteiger partial charge is 0.490 e. The van der Waals surface area contributed by atoms with Crippen molar-refractivity contribution in [1.29, 1.82) is 0 Å². The zero-order valence-electron chi connectivity index (χ0n) is 14.9. The molecule has 0 aromatic heterocycles. The zero-order chi connectivity index (χ0) is 18.2. The third kappa shape index (κ3) is 6.43. The van der Waals surface area contributed by atoms with Gasteiger partial charge in [0.25, 0.3) is 0 Å². The Kier molecular flexibility index (Phi) is 7.89. The second-order valence-corrected chi connectivity index (χ2v) is 7.09. The molecule has 0 aliphatic carbocycles. The van der Waals surface area contributed by atoms with E-state index >= 15 is 0 Å². The molecule has 25 heavy (non-hydrogen) atoms. The molecule has 0 unspecified atom stereocenters. The number of ether oxygens (including phenoxy) is 2. The van der Waals surface area contributed by atoms with Crippen LogP contribution in [0.2, 0.25) is 10.0 Å². The molecular formula is C20H25Cl2NO2. The molecular weight excluding hydrogens is 357 g/mol. The van der Waals surface area contributed by atoms with Gasteiger partial charge in [-0.15, -0.1) is 0 Å². The van der Waals surface area contributed by atoms with Crippen molar-refractivity contribution < 1.29 is 9.47 Å². The predicted octanol–water partition coefficient (Wildman–Crippen LogP) is 5.72. The average Bonchev–Trinajstić information content (AvgIpc) is 2.57. The summed E-state index contributed by atoms with van der Waals surface area (Å²) in [6.45, 7) is 9.14. The van der Waals surface area contributed by atoms with Gasteiger partial charge in [-0.3, -0.25) is 0 Å². The molecule has 0 fully saturated rings. The Hall–Kier alpha value is -1.42. The van der Waals surface area contributed by atoms with Crippen LogP contribution < -0.4 is 14.8 Å². The van der Waals surface area contributed by atoms with Gasteiger partial charge < -0.3 is 14.8 Å². The van der Waals surface area contributed by atoms with Crippen molar-refractivity contribution in [2.45, 2.75) is 33.9 Å². The van der Waals surface area contributed by atoms with Gasteiger partial charge in [-0.1, -0.05) is 49.2 Å². The summed E-state index contributed by atoms with van der Waals surface area (Å²) >= 11 is 12.0. The van der Waals surface area contributed by atoms with Crippen molar-refractivity contribution in [2.75, 3.05) is 13.2 Å². The Bertz CT molecular complexity index is 689. The first-order valence-corrected chi connectivity index (χ1v) is 9.28. The van der Waals surface area contributed by atoms with Crippen LogP contribution in [-0.2, 0) is 13.2 Å². The maximum Gasteiger partial charge on any atom is 0.161 e. The van der Waals surface area contributed by atoms with Crippen LogP contribution in [0.25, 0.3) is 0 Å². The SMILES string of the molecule is CCOc1cc(CNCC(C)C)ccc1OCc1ccc(Cl)c(Cl)c1. The van der Waals surface area contributed by atoms with Gasteiger partial charge >= 0.3 is 0 Å². The normalized spacial score (nSPS) is 11.0. The summed E-state index contributed by atoms with van der Waals surface area (Å²) < 4.78 is 11.7. The van der Waals surface area contributed by atoms with Gasteiger partial charge in [0.05, 0.1) is 16.7 Å². The van der Waals surface area contributed by atoms with Crippen LogP contribution in [0, 0.1) is 5.92 Å². The molecule has 0 heterocycles. The van der Waals surface area contributed by atoms with Crippen LogP contribution in [0.5, 0.6) is 11.5 Å². The second kappa shape index (κ2) is 9.91. The van der Waals surface area contributed by atoms with E-state index in [1.54, 1.807) is 6.07 Å². The van der Waals surface area contributed by atoms with E-state index < -0.39 is 0 Å². The Morgan fingerprint density at radius 1 is 0.920 bits per heavy atom. The van der Waals surface area contributed by atoms with Gasteiger partial charge in [-0.25, -0.2) is 0 Å². The van der Waals surface area contributed by atoms with Gasteiger partial charge in [0.15, 0.2) is 11.5 Å². The summed E-state index contributed by atoms with van der Waals surface area (Å²) in [7, 11) is 0. The van der Waals surface area contributed by atoms with E-state index in [1.165, 1.54) is 5.56 Å².